The number of rotatable bonds is 3. The van der Waals surface area contributed by atoms with Gasteiger partial charge in [-0.15, -0.1) is 11.3 Å². The van der Waals surface area contributed by atoms with Gasteiger partial charge in [0.1, 0.15) is 0 Å². The van der Waals surface area contributed by atoms with Crippen LogP contribution in [0.3, 0.4) is 0 Å². The second-order valence-electron chi connectivity index (χ2n) is 6.77. The SMILES string of the molecule is CC(C)(C)c1ccc(CNC2Cc3ccccc3C2)s1. The summed E-state index contributed by atoms with van der Waals surface area (Å²) in [6.45, 7) is 7.84. The molecule has 1 N–H and O–H groups in total. The van der Waals surface area contributed by atoms with Crippen molar-refractivity contribution in [3.8, 4) is 0 Å². The highest BCUT2D eigenvalue weighted by atomic mass is 32.1. The van der Waals surface area contributed by atoms with E-state index in [1.54, 1.807) is 0 Å². The van der Waals surface area contributed by atoms with Gasteiger partial charge in [0.15, 0.2) is 0 Å². The summed E-state index contributed by atoms with van der Waals surface area (Å²) in [4.78, 5) is 2.93. The molecule has 0 saturated carbocycles. The molecule has 0 unspecified atom stereocenters. The third-order valence-electron chi connectivity index (χ3n) is 4.02. The van der Waals surface area contributed by atoms with Crippen LogP contribution >= 0.6 is 11.3 Å². The van der Waals surface area contributed by atoms with E-state index in [2.05, 4.69) is 62.5 Å². The number of hydrogen-bond donors (Lipinski definition) is 1. The van der Waals surface area contributed by atoms with E-state index in [1.165, 1.54) is 33.7 Å². The van der Waals surface area contributed by atoms with Crippen molar-refractivity contribution in [3.05, 3.63) is 57.3 Å². The predicted octanol–water partition coefficient (Wildman–Crippen LogP) is 4.30. The lowest BCUT2D eigenvalue weighted by atomic mass is 9.95. The fraction of sp³-hybridized carbons (Fsp3) is 0.444. The monoisotopic (exact) mass is 285 g/mol. The average Bonchev–Trinajstić information content (AvgIpc) is 3.02. The normalized spacial score (nSPS) is 15.6. The first kappa shape index (κ1) is 13.8. The molecule has 0 aliphatic heterocycles. The fourth-order valence-electron chi connectivity index (χ4n) is 2.82. The molecule has 0 bridgehead atoms. The van der Waals surface area contributed by atoms with Crippen LogP contribution in [0.2, 0.25) is 0 Å². The largest absolute Gasteiger partial charge is 0.308 e. The second-order valence-corrected chi connectivity index (χ2v) is 7.94. The molecule has 1 aliphatic rings. The van der Waals surface area contributed by atoms with E-state index in [9.17, 15) is 0 Å². The van der Waals surface area contributed by atoms with Crippen LogP contribution in [0.5, 0.6) is 0 Å². The molecule has 1 aromatic carbocycles. The molecule has 0 saturated heterocycles. The molecule has 0 fully saturated rings. The Morgan fingerprint density at radius 1 is 1.05 bits per heavy atom. The lowest BCUT2D eigenvalue weighted by Crippen LogP contribution is -2.28. The third-order valence-corrected chi connectivity index (χ3v) is 5.53. The first-order chi connectivity index (χ1) is 9.52. The van der Waals surface area contributed by atoms with E-state index in [-0.39, 0.29) is 5.41 Å². The minimum atomic E-state index is 0.270. The van der Waals surface area contributed by atoms with E-state index in [0.29, 0.717) is 6.04 Å². The van der Waals surface area contributed by atoms with Gasteiger partial charge in [0.25, 0.3) is 0 Å². The Balaban J connectivity index is 1.58. The maximum absolute atomic E-state index is 3.72. The number of hydrogen-bond acceptors (Lipinski definition) is 2. The van der Waals surface area contributed by atoms with Gasteiger partial charge in [-0.2, -0.15) is 0 Å². The van der Waals surface area contributed by atoms with Crippen molar-refractivity contribution in [3.63, 3.8) is 0 Å². The molecule has 0 radical (unpaired) electrons. The quantitative estimate of drug-likeness (QED) is 0.886. The number of thiophene rings is 1. The summed E-state index contributed by atoms with van der Waals surface area (Å²) >= 11 is 1.94. The van der Waals surface area contributed by atoms with E-state index in [0.717, 1.165) is 6.54 Å². The van der Waals surface area contributed by atoms with Gasteiger partial charge in [-0.3, -0.25) is 0 Å². The van der Waals surface area contributed by atoms with E-state index < -0.39 is 0 Å². The Morgan fingerprint density at radius 2 is 1.70 bits per heavy atom. The molecule has 0 spiro atoms. The molecule has 1 heterocycles. The van der Waals surface area contributed by atoms with Crippen molar-refractivity contribution >= 4 is 11.3 Å². The maximum atomic E-state index is 3.72. The standard InChI is InChI=1S/C18H23NS/c1-18(2,3)17-9-8-16(20-17)12-19-15-10-13-6-4-5-7-14(13)11-15/h4-9,15,19H,10-12H2,1-3H3. The Morgan fingerprint density at radius 3 is 2.25 bits per heavy atom. The molecule has 1 aliphatic carbocycles. The van der Waals surface area contributed by atoms with E-state index in [4.69, 9.17) is 0 Å². The summed E-state index contributed by atoms with van der Waals surface area (Å²) in [5.41, 5.74) is 3.31. The minimum Gasteiger partial charge on any atom is -0.308 e. The first-order valence-corrected chi connectivity index (χ1v) is 8.23. The Labute approximate surface area is 126 Å². The fourth-order valence-corrected chi connectivity index (χ4v) is 3.84. The van der Waals surface area contributed by atoms with Crippen molar-refractivity contribution in [2.75, 3.05) is 0 Å². The average molecular weight is 285 g/mol. The number of benzene rings is 1. The molecular weight excluding hydrogens is 262 g/mol. The van der Waals surface area contributed by atoms with Gasteiger partial charge in [-0.05, 0) is 41.5 Å². The van der Waals surface area contributed by atoms with Crippen LogP contribution in [0.15, 0.2) is 36.4 Å². The summed E-state index contributed by atoms with van der Waals surface area (Å²) in [6, 6.07) is 14.0. The zero-order chi connectivity index (χ0) is 14.2. The Hall–Kier alpha value is -1.12. The predicted molar refractivity (Wildman–Crippen MR) is 87.5 cm³/mol. The van der Waals surface area contributed by atoms with Crippen molar-refractivity contribution in [1.82, 2.24) is 5.32 Å². The van der Waals surface area contributed by atoms with E-state index >= 15 is 0 Å². The molecule has 106 valence electrons. The molecule has 0 amide bonds. The second kappa shape index (κ2) is 5.34. The molecule has 3 rings (SSSR count). The van der Waals surface area contributed by atoms with Gasteiger partial charge in [-0.1, -0.05) is 45.0 Å². The summed E-state index contributed by atoms with van der Waals surface area (Å²) < 4.78 is 0. The highest BCUT2D eigenvalue weighted by molar-refractivity contribution is 7.12. The zero-order valence-corrected chi connectivity index (χ0v) is 13.4. The first-order valence-electron chi connectivity index (χ1n) is 7.42. The van der Waals surface area contributed by atoms with Gasteiger partial charge >= 0.3 is 0 Å². The third kappa shape index (κ3) is 2.97. The number of nitrogens with one attached hydrogen (secondary N) is 1. The van der Waals surface area contributed by atoms with Crippen LogP contribution in [0.4, 0.5) is 0 Å². The van der Waals surface area contributed by atoms with Gasteiger partial charge in [-0.25, -0.2) is 0 Å². The lowest BCUT2D eigenvalue weighted by molar-refractivity contribution is 0.536. The molecule has 1 aromatic heterocycles. The van der Waals surface area contributed by atoms with Gasteiger partial charge < -0.3 is 5.32 Å². The summed E-state index contributed by atoms with van der Waals surface area (Å²) in [7, 11) is 0. The Bertz CT molecular complexity index is 566. The molecule has 20 heavy (non-hydrogen) atoms. The van der Waals surface area contributed by atoms with Crippen LogP contribution in [0, 0.1) is 0 Å². The van der Waals surface area contributed by atoms with Crippen LogP contribution < -0.4 is 5.32 Å². The van der Waals surface area contributed by atoms with Gasteiger partial charge in [0.05, 0.1) is 0 Å². The van der Waals surface area contributed by atoms with Gasteiger partial charge in [0, 0.05) is 22.3 Å². The van der Waals surface area contributed by atoms with Gasteiger partial charge in [0.2, 0.25) is 0 Å². The van der Waals surface area contributed by atoms with Crippen molar-refractivity contribution in [2.45, 2.75) is 51.6 Å². The smallest absolute Gasteiger partial charge is 0.0302 e. The molecule has 1 nitrogen and oxygen atoms in total. The van der Waals surface area contributed by atoms with Crippen LogP contribution in [-0.4, -0.2) is 6.04 Å². The van der Waals surface area contributed by atoms with Crippen LogP contribution in [0.1, 0.15) is 41.7 Å². The van der Waals surface area contributed by atoms with Crippen molar-refractivity contribution in [1.29, 1.82) is 0 Å². The number of fused-ring (bicyclic) bond motifs is 1. The maximum Gasteiger partial charge on any atom is 0.0302 e. The summed E-state index contributed by atoms with van der Waals surface area (Å²) in [5.74, 6) is 0. The molecule has 2 heteroatoms. The minimum absolute atomic E-state index is 0.270. The Kier molecular flexibility index (Phi) is 3.70. The van der Waals surface area contributed by atoms with Crippen LogP contribution in [-0.2, 0) is 24.8 Å². The summed E-state index contributed by atoms with van der Waals surface area (Å²) in [6.07, 6.45) is 2.35. The van der Waals surface area contributed by atoms with E-state index in [1.807, 2.05) is 11.3 Å². The lowest BCUT2D eigenvalue weighted by Gasteiger charge is -2.15. The summed E-state index contributed by atoms with van der Waals surface area (Å²) in [5, 5.41) is 3.72. The highest BCUT2D eigenvalue weighted by Gasteiger charge is 2.21. The molecule has 2 aromatic rings. The zero-order valence-electron chi connectivity index (χ0n) is 12.6. The van der Waals surface area contributed by atoms with Crippen LogP contribution in [0.25, 0.3) is 0 Å². The van der Waals surface area contributed by atoms with Crippen molar-refractivity contribution < 1.29 is 0 Å². The van der Waals surface area contributed by atoms with Crippen molar-refractivity contribution in [2.24, 2.45) is 0 Å². The molecule has 0 atom stereocenters. The highest BCUT2D eigenvalue weighted by Crippen LogP contribution is 2.29. The molecular formula is C18H23NS. The topological polar surface area (TPSA) is 12.0 Å².